The number of benzene rings is 1. The summed E-state index contributed by atoms with van der Waals surface area (Å²) in [5, 5.41) is 3.98. The van der Waals surface area contributed by atoms with Crippen LogP contribution in [-0.2, 0) is 4.74 Å². The predicted molar refractivity (Wildman–Crippen MR) is 67.8 cm³/mol. The second kappa shape index (κ2) is 4.81. The zero-order valence-corrected chi connectivity index (χ0v) is 10.2. The highest BCUT2D eigenvalue weighted by Gasteiger charge is 2.12. The van der Waals surface area contributed by atoms with Gasteiger partial charge in [0.15, 0.2) is 5.69 Å². The van der Waals surface area contributed by atoms with E-state index in [1.54, 1.807) is 24.3 Å². The molecule has 1 aromatic carbocycles. The molecule has 1 aromatic heterocycles. The number of aromatic nitrogens is 2. The van der Waals surface area contributed by atoms with E-state index in [0.29, 0.717) is 11.3 Å². The summed E-state index contributed by atoms with van der Waals surface area (Å²) in [6.07, 6.45) is 1.48. The molecule has 0 saturated carbocycles. The van der Waals surface area contributed by atoms with Crippen LogP contribution >= 0.6 is 0 Å². The van der Waals surface area contributed by atoms with E-state index < -0.39 is 11.9 Å². The molecule has 98 valence electrons. The fraction of sp³-hybridized carbons (Fsp3) is 0.0833. The van der Waals surface area contributed by atoms with Crippen LogP contribution in [0.4, 0.5) is 5.69 Å². The van der Waals surface area contributed by atoms with Crippen LogP contribution in [0.25, 0.3) is 5.69 Å². The number of hydrogen-bond acceptors (Lipinski definition) is 5. The maximum Gasteiger partial charge on any atom is 0.337 e. The molecule has 0 fully saturated rings. The molecule has 0 atom stereocenters. The van der Waals surface area contributed by atoms with Gasteiger partial charge in [-0.05, 0) is 24.3 Å². The monoisotopic (exact) mass is 260 g/mol. The molecular weight excluding hydrogens is 248 g/mol. The normalized spacial score (nSPS) is 10.2. The Morgan fingerprint density at radius 2 is 1.89 bits per heavy atom. The lowest BCUT2D eigenvalue weighted by Gasteiger charge is -2.02. The Morgan fingerprint density at radius 1 is 1.26 bits per heavy atom. The first-order valence-electron chi connectivity index (χ1n) is 5.36. The van der Waals surface area contributed by atoms with Gasteiger partial charge in [0.25, 0.3) is 5.91 Å². The van der Waals surface area contributed by atoms with Gasteiger partial charge >= 0.3 is 5.97 Å². The van der Waals surface area contributed by atoms with Crippen LogP contribution in [0.2, 0.25) is 0 Å². The Bertz CT molecular complexity index is 631. The van der Waals surface area contributed by atoms with Gasteiger partial charge < -0.3 is 16.2 Å². The summed E-state index contributed by atoms with van der Waals surface area (Å²) in [7, 11) is 1.31. The van der Waals surface area contributed by atoms with Crippen LogP contribution in [0.3, 0.4) is 0 Å². The molecule has 7 nitrogen and oxygen atoms in total. The standard InChI is InChI=1S/C12H12N4O3/c1-19-12(18)7-2-4-8(5-3-7)16-6-9(13)10(15-16)11(14)17/h2-6H,13H2,1H3,(H2,14,17). The van der Waals surface area contributed by atoms with Crippen molar-refractivity contribution >= 4 is 17.6 Å². The number of nitrogens with two attached hydrogens (primary N) is 2. The summed E-state index contributed by atoms with van der Waals surface area (Å²) in [4.78, 5) is 22.3. The first-order valence-corrected chi connectivity index (χ1v) is 5.36. The summed E-state index contributed by atoms with van der Waals surface area (Å²) >= 11 is 0. The zero-order valence-electron chi connectivity index (χ0n) is 10.2. The molecule has 19 heavy (non-hydrogen) atoms. The second-order valence-electron chi connectivity index (χ2n) is 3.78. The van der Waals surface area contributed by atoms with Gasteiger partial charge in [-0.1, -0.05) is 0 Å². The molecule has 0 spiro atoms. The number of amides is 1. The Kier molecular flexibility index (Phi) is 3.19. The third-order valence-corrected chi connectivity index (χ3v) is 2.53. The van der Waals surface area contributed by atoms with Crippen LogP contribution in [-0.4, -0.2) is 28.8 Å². The highest BCUT2D eigenvalue weighted by atomic mass is 16.5. The van der Waals surface area contributed by atoms with Crippen molar-refractivity contribution in [2.75, 3.05) is 12.8 Å². The predicted octanol–water partition coefficient (Wildman–Crippen LogP) is 0.340. The molecule has 7 heteroatoms. The van der Waals surface area contributed by atoms with Gasteiger partial charge in [-0.25, -0.2) is 9.48 Å². The molecule has 1 heterocycles. The maximum atomic E-state index is 11.3. The lowest BCUT2D eigenvalue weighted by atomic mass is 10.2. The first-order chi connectivity index (χ1) is 9.02. The topological polar surface area (TPSA) is 113 Å². The molecule has 0 aliphatic heterocycles. The third-order valence-electron chi connectivity index (χ3n) is 2.53. The molecular formula is C12H12N4O3. The highest BCUT2D eigenvalue weighted by Crippen LogP contribution is 2.14. The third kappa shape index (κ3) is 2.39. The van der Waals surface area contributed by atoms with E-state index >= 15 is 0 Å². The SMILES string of the molecule is COC(=O)c1ccc(-n2cc(N)c(C(N)=O)n2)cc1. The van der Waals surface area contributed by atoms with Crippen molar-refractivity contribution in [2.24, 2.45) is 5.73 Å². The highest BCUT2D eigenvalue weighted by molar-refractivity contribution is 5.95. The number of esters is 1. The minimum atomic E-state index is -0.692. The second-order valence-corrected chi connectivity index (χ2v) is 3.78. The number of ether oxygens (including phenoxy) is 1. The number of nitrogens with zero attached hydrogens (tertiary/aromatic N) is 2. The summed E-state index contributed by atoms with van der Waals surface area (Å²) in [5.41, 5.74) is 12.0. The molecule has 0 unspecified atom stereocenters. The van der Waals surface area contributed by atoms with E-state index in [1.165, 1.54) is 18.0 Å². The van der Waals surface area contributed by atoms with Gasteiger partial charge in [0, 0.05) is 0 Å². The Balaban J connectivity index is 2.35. The fourth-order valence-corrected chi connectivity index (χ4v) is 1.58. The molecule has 0 bridgehead atoms. The number of anilines is 1. The van der Waals surface area contributed by atoms with Crippen molar-refractivity contribution in [1.29, 1.82) is 0 Å². The number of hydrogen-bond donors (Lipinski definition) is 2. The number of primary amides is 1. The number of carbonyl (C=O) groups excluding carboxylic acids is 2. The van der Waals surface area contributed by atoms with Crippen LogP contribution in [0, 0.1) is 0 Å². The van der Waals surface area contributed by atoms with E-state index in [2.05, 4.69) is 9.84 Å². The summed E-state index contributed by atoms with van der Waals surface area (Å²) in [6, 6.07) is 6.49. The van der Waals surface area contributed by atoms with E-state index in [4.69, 9.17) is 11.5 Å². The Hall–Kier alpha value is -2.83. The number of methoxy groups -OCH3 is 1. The van der Waals surface area contributed by atoms with E-state index in [0.717, 1.165) is 0 Å². The molecule has 4 N–H and O–H groups in total. The van der Waals surface area contributed by atoms with Crippen molar-refractivity contribution in [2.45, 2.75) is 0 Å². The van der Waals surface area contributed by atoms with Crippen LogP contribution in [0.15, 0.2) is 30.5 Å². The number of rotatable bonds is 3. The van der Waals surface area contributed by atoms with E-state index in [1.807, 2.05) is 0 Å². The molecule has 0 saturated heterocycles. The van der Waals surface area contributed by atoms with Gasteiger partial charge in [0.2, 0.25) is 0 Å². The average Bonchev–Trinajstić information content (AvgIpc) is 2.80. The van der Waals surface area contributed by atoms with Gasteiger partial charge in [0.1, 0.15) is 0 Å². The maximum absolute atomic E-state index is 11.3. The van der Waals surface area contributed by atoms with E-state index in [-0.39, 0.29) is 11.4 Å². The van der Waals surface area contributed by atoms with Crippen LogP contribution in [0.1, 0.15) is 20.8 Å². The molecule has 2 rings (SSSR count). The molecule has 0 radical (unpaired) electrons. The zero-order chi connectivity index (χ0) is 14.0. The molecule has 1 amide bonds. The van der Waals surface area contributed by atoms with Gasteiger partial charge in [-0.2, -0.15) is 5.10 Å². The largest absolute Gasteiger partial charge is 0.465 e. The van der Waals surface area contributed by atoms with Crippen molar-refractivity contribution in [1.82, 2.24) is 9.78 Å². The minimum absolute atomic E-state index is 0.0112. The summed E-state index contributed by atoms with van der Waals surface area (Å²) in [6.45, 7) is 0. The van der Waals surface area contributed by atoms with Crippen molar-refractivity contribution < 1.29 is 14.3 Å². The minimum Gasteiger partial charge on any atom is -0.465 e. The number of carbonyl (C=O) groups is 2. The van der Waals surface area contributed by atoms with Crippen molar-refractivity contribution in [3.8, 4) is 5.69 Å². The van der Waals surface area contributed by atoms with Crippen LogP contribution in [0.5, 0.6) is 0 Å². The quantitative estimate of drug-likeness (QED) is 0.772. The molecule has 2 aromatic rings. The lowest BCUT2D eigenvalue weighted by molar-refractivity contribution is 0.0600. The summed E-state index contributed by atoms with van der Waals surface area (Å²) in [5.74, 6) is -1.12. The van der Waals surface area contributed by atoms with Gasteiger partial charge in [0.05, 0.1) is 30.2 Å². The van der Waals surface area contributed by atoms with Crippen molar-refractivity contribution in [3.05, 3.63) is 41.7 Å². The fourth-order valence-electron chi connectivity index (χ4n) is 1.58. The van der Waals surface area contributed by atoms with Gasteiger partial charge in [-0.3, -0.25) is 4.79 Å². The molecule has 0 aliphatic carbocycles. The van der Waals surface area contributed by atoms with Crippen molar-refractivity contribution in [3.63, 3.8) is 0 Å². The average molecular weight is 260 g/mol. The summed E-state index contributed by atoms with van der Waals surface area (Å²) < 4.78 is 6.01. The number of nitrogen functional groups attached to an aromatic ring is 1. The van der Waals surface area contributed by atoms with Crippen LogP contribution < -0.4 is 11.5 Å². The van der Waals surface area contributed by atoms with E-state index in [9.17, 15) is 9.59 Å². The first kappa shape index (κ1) is 12.6. The van der Waals surface area contributed by atoms with Gasteiger partial charge in [-0.15, -0.1) is 0 Å². The smallest absolute Gasteiger partial charge is 0.337 e. The molecule has 0 aliphatic rings. The lowest BCUT2D eigenvalue weighted by Crippen LogP contribution is -2.14. The Morgan fingerprint density at radius 3 is 2.37 bits per heavy atom. The Labute approximate surface area is 108 Å².